The third kappa shape index (κ3) is 6.15. The number of carbonyl (C=O) groups excluding carboxylic acids is 1. The van der Waals surface area contributed by atoms with Gasteiger partial charge in [0.15, 0.2) is 0 Å². The quantitative estimate of drug-likeness (QED) is 0.356. The molecule has 0 aliphatic heterocycles. The third-order valence-electron chi connectivity index (χ3n) is 4.00. The Morgan fingerprint density at radius 3 is 2.26 bits per heavy atom. The van der Waals surface area contributed by atoms with Gasteiger partial charge in [-0.3, -0.25) is 9.52 Å². The molecular formula is C21H14Cl4N2O3S. The van der Waals surface area contributed by atoms with E-state index in [1.54, 1.807) is 36.4 Å². The molecule has 0 heterocycles. The molecule has 1 amide bonds. The van der Waals surface area contributed by atoms with E-state index in [2.05, 4.69) is 10.0 Å². The van der Waals surface area contributed by atoms with E-state index in [0.29, 0.717) is 21.3 Å². The van der Waals surface area contributed by atoms with Gasteiger partial charge in [0, 0.05) is 21.8 Å². The van der Waals surface area contributed by atoms with Crippen molar-refractivity contribution < 1.29 is 13.2 Å². The van der Waals surface area contributed by atoms with Crippen LogP contribution in [0.25, 0.3) is 6.08 Å². The zero-order valence-corrected chi connectivity index (χ0v) is 19.4. The fourth-order valence-corrected chi connectivity index (χ4v) is 4.44. The molecule has 31 heavy (non-hydrogen) atoms. The van der Waals surface area contributed by atoms with Gasteiger partial charge in [-0.1, -0.05) is 58.5 Å². The van der Waals surface area contributed by atoms with Gasteiger partial charge in [0.25, 0.3) is 10.0 Å². The molecule has 160 valence electrons. The van der Waals surface area contributed by atoms with Crippen molar-refractivity contribution in [3.8, 4) is 0 Å². The van der Waals surface area contributed by atoms with E-state index in [1.165, 1.54) is 36.4 Å². The second-order valence-electron chi connectivity index (χ2n) is 6.22. The number of sulfonamides is 1. The minimum Gasteiger partial charge on any atom is -0.323 e. The molecule has 0 unspecified atom stereocenters. The number of nitrogens with one attached hydrogen (secondary N) is 2. The van der Waals surface area contributed by atoms with E-state index in [1.807, 2.05) is 0 Å². The number of hydrogen-bond donors (Lipinski definition) is 2. The highest BCUT2D eigenvalue weighted by Gasteiger charge is 2.16. The number of halogens is 4. The summed E-state index contributed by atoms with van der Waals surface area (Å²) in [4.78, 5) is 12.1. The lowest BCUT2D eigenvalue weighted by molar-refractivity contribution is -0.111. The molecule has 0 bridgehead atoms. The van der Waals surface area contributed by atoms with E-state index in [9.17, 15) is 13.2 Å². The largest absolute Gasteiger partial charge is 0.323 e. The molecule has 0 spiro atoms. The van der Waals surface area contributed by atoms with Gasteiger partial charge < -0.3 is 5.32 Å². The highest BCUT2D eigenvalue weighted by atomic mass is 35.5. The van der Waals surface area contributed by atoms with Crippen LogP contribution in [0.2, 0.25) is 20.1 Å². The Labute approximate surface area is 199 Å². The van der Waals surface area contributed by atoms with Crippen LogP contribution in [0.3, 0.4) is 0 Å². The first-order chi connectivity index (χ1) is 14.7. The van der Waals surface area contributed by atoms with Crippen molar-refractivity contribution in [3.63, 3.8) is 0 Å². The number of hydrogen-bond acceptors (Lipinski definition) is 3. The molecule has 0 radical (unpaired) electrons. The minimum absolute atomic E-state index is 0.00923. The Morgan fingerprint density at radius 1 is 0.871 bits per heavy atom. The molecule has 0 saturated carbocycles. The summed E-state index contributed by atoms with van der Waals surface area (Å²) >= 11 is 23.9. The van der Waals surface area contributed by atoms with Crippen LogP contribution in [-0.4, -0.2) is 14.3 Å². The van der Waals surface area contributed by atoms with E-state index in [0.717, 1.165) is 0 Å². The van der Waals surface area contributed by atoms with E-state index < -0.39 is 15.9 Å². The van der Waals surface area contributed by atoms with Gasteiger partial charge in [0.1, 0.15) is 0 Å². The summed E-state index contributed by atoms with van der Waals surface area (Å²) in [7, 11) is -3.90. The van der Waals surface area contributed by atoms with Crippen LogP contribution < -0.4 is 10.0 Å². The van der Waals surface area contributed by atoms with Gasteiger partial charge in [-0.25, -0.2) is 8.42 Å². The van der Waals surface area contributed by atoms with Crippen LogP contribution in [0.4, 0.5) is 11.4 Å². The maximum Gasteiger partial charge on any atom is 0.261 e. The van der Waals surface area contributed by atoms with Crippen LogP contribution in [0, 0.1) is 0 Å². The second kappa shape index (κ2) is 9.94. The van der Waals surface area contributed by atoms with Gasteiger partial charge in [-0.05, 0) is 60.2 Å². The van der Waals surface area contributed by atoms with E-state index >= 15 is 0 Å². The zero-order valence-electron chi connectivity index (χ0n) is 15.6. The fraction of sp³-hybridized carbons (Fsp3) is 0. The van der Waals surface area contributed by atoms with Crippen LogP contribution in [0.5, 0.6) is 0 Å². The van der Waals surface area contributed by atoms with Gasteiger partial charge in [0.2, 0.25) is 5.91 Å². The number of anilines is 2. The lowest BCUT2D eigenvalue weighted by Gasteiger charge is -2.11. The van der Waals surface area contributed by atoms with Crippen molar-refractivity contribution >= 4 is 79.8 Å². The lowest BCUT2D eigenvalue weighted by Crippen LogP contribution is -2.13. The van der Waals surface area contributed by atoms with Crippen molar-refractivity contribution in [3.05, 3.63) is 92.4 Å². The van der Waals surface area contributed by atoms with Crippen molar-refractivity contribution in [1.29, 1.82) is 0 Å². The Bertz CT molecular complexity index is 1260. The van der Waals surface area contributed by atoms with Gasteiger partial charge in [0.05, 0.1) is 20.6 Å². The standard InChI is InChI=1S/C21H14Cl4N2O3S/c22-14-6-4-13(18(24)12-14)5-11-20(28)26-15-7-9-16(10-8-15)31(29,30)27-19-3-1-2-17(23)21(19)25/h1-12,27H,(H,26,28)/b11-5+. The van der Waals surface area contributed by atoms with Crippen molar-refractivity contribution in [2.24, 2.45) is 0 Å². The Kier molecular flexibility index (Phi) is 7.51. The number of carbonyl (C=O) groups is 1. The van der Waals surface area contributed by atoms with Gasteiger partial charge in [-0.2, -0.15) is 0 Å². The summed E-state index contributed by atoms with van der Waals surface area (Å²) in [5.41, 5.74) is 1.21. The predicted molar refractivity (Wildman–Crippen MR) is 128 cm³/mol. The average Bonchev–Trinajstić information content (AvgIpc) is 2.71. The Hall–Kier alpha value is -2.22. The summed E-state index contributed by atoms with van der Waals surface area (Å²) in [5, 5.41) is 3.88. The summed E-state index contributed by atoms with van der Waals surface area (Å²) in [6, 6.07) is 15.2. The topological polar surface area (TPSA) is 75.3 Å². The second-order valence-corrected chi connectivity index (χ2v) is 9.53. The smallest absolute Gasteiger partial charge is 0.261 e. The molecule has 0 saturated heterocycles. The Morgan fingerprint density at radius 2 is 1.58 bits per heavy atom. The summed E-state index contributed by atoms with van der Waals surface area (Å²) in [6.45, 7) is 0. The molecule has 0 aliphatic carbocycles. The van der Waals surface area contributed by atoms with E-state index in [4.69, 9.17) is 46.4 Å². The average molecular weight is 516 g/mol. The highest BCUT2D eigenvalue weighted by Crippen LogP contribution is 2.31. The van der Waals surface area contributed by atoms with Gasteiger partial charge >= 0.3 is 0 Å². The third-order valence-corrected chi connectivity index (χ3v) is 6.77. The minimum atomic E-state index is -3.90. The van der Waals surface area contributed by atoms with Crippen LogP contribution in [-0.2, 0) is 14.8 Å². The molecule has 2 N–H and O–H groups in total. The molecular weight excluding hydrogens is 502 g/mol. The summed E-state index contributed by atoms with van der Waals surface area (Å²) in [5.74, 6) is -0.412. The summed E-state index contributed by atoms with van der Waals surface area (Å²) in [6.07, 6.45) is 2.86. The maximum atomic E-state index is 12.6. The van der Waals surface area contributed by atoms with Crippen molar-refractivity contribution in [1.82, 2.24) is 0 Å². The molecule has 0 aliphatic rings. The van der Waals surface area contributed by atoms with Crippen molar-refractivity contribution in [2.75, 3.05) is 10.0 Å². The molecule has 10 heteroatoms. The van der Waals surface area contributed by atoms with Crippen LogP contribution >= 0.6 is 46.4 Å². The predicted octanol–water partition coefficient (Wildman–Crippen LogP) is 6.75. The lowest BCUT2D eigenvalue weighted by atomic mass is 10.2. The molecule has 3 rings (SSSR count). The first-order valence-electron chi connectivity index (χ1n) is 8.67. The maximum absolute atomic E-state index is 12.6. The normalized spacial score (nSPS) is 11.5. The first kappa shape index (κ1) is 23.4. The monoisotopic (exact) mass is 514 g/mol. The molecule has 0 fully saturated rings. The summed E-state index contributed by atoms with van der Waals surface area (Å²) < 4.78 is 27.5. The molecule has 5 nitrogen and oxygen atoms in total. The van der Waals surface area contributed by atoms with E-state index in [-0.39, 0.29) is 20.6 Å². The molecule has 0 aromatic heterocycles. The van der Waals surface area contributed by atoms with Gasteiger partial charge in [-0.15, -0.1) is 0 Å². The number of amides is 1. The number of benzene rings is 3. The highest BCUT2D eigenvalue weighted by molar-refractivity contribution is 7.92. The number of rotatable bonds is 6. The molecule has 3 aromatic rings. The fourth-order valence-electron chi connectivity index (χ4n) is 2.49. The first-order valence-corrected chi connectivity index (χ1v) is 11.7. The van der Waals surface area contributed by atoms with Crippen LogP contribution in [0.1, 0.15) is 5.56 Å². The zero-order chi connectivity index (χ0) is 22.6. The van der Waals surface area contributed by atoms with Crippen molar-refractivity contribution in [2.45, 2.75) is 4.90 Å². The molecule has 3 aromatic carbocycles. The Balaban J connectivity index is 1.68. The van der Waals surface area contributed by atoms with Crippen LogP contribution in [0.15, 0.2) is 71.6 Å². The molecule has 0 atom stereocenters. The SMILES string of the molecule is O=C(/C=C/c1ccc(Cl)cc1Cl)Nc1ccc(S(=O)(=O)Nc2cccc(Cl)c2Cl)cc1.